The average molecular weight is 488 g/mol. The zero-order chi connectivity index (χ0) is 23.9. The van der Waals surface area contributed by atoms with Gasteiger partial charge in [0.05, 0.1) is 10.6 Å². The predicted octanol–water partition coefficient (Wildman–Crippen LogP) is 3.26. The largest absolute Gasteiger partial charge is 0.484 e. The summed E-state index contributed by atoms with van der Waals surface area (Å²) < 4.78 is 61.4. The molecule has 3 fully saturated rings. The molecule has 2 N–H and O–H groups in total. The predicted molar refractivity (Wildman–Crippen MR) is 107 cm³/mol. The van der Waals surface area contributed by atoms with Crippen molar-refractivity contribution < 1.29 is 36.6 Å². The quantitative estimate of drug-likeness (QED) is 0.558. The van der Waals surface area contributed by atoms with Crippen LogP contribution >= 0.6 is 11.6 Å². The van der Waals surface area contributed by atoms with Gasteiger partial charge in [-0.05, 0) is 37.5 Å². The number of hydrogen-bond acceptors (Lipinski definition) is 5. The third-order valence-corrected chi connectivity index (χ3v) is 5.82. The monoisotopic (exact) mass is 487 g/mol. The van der Waals surface area contributed by atoms with Crippen molar-refractivity contribution in [1.82, 2.24) is 15.6 Å². The highest BCUT2D eigenvalue weighted by Crippen LogP contribution is 2.60. The molecule has 0 radical (unpaired) electrons. The normalized spacial score (nSPS) is 23.1. The number of ether oxygens (including phenoxy) is 2. The number of pyridine rings is 1. The van der Waals surface area contributed by atoms with Gasteiger partial charge < -0.3 is 20.1 Å². The molecule has 3 aliphatic carbocycles. The topological polar surface area (TPSA) is 89.6 Å². The minimum atomic E-state index is -4.50. The van der Waals surface area contributed by atoms with E-state index < -0.39 is 41.1 Å². The van der Waals surface area contributed by atoms with E-state index >= 15 is 0 Å². The Balaban J connectivity index is 1.16. The molecule has 2 bridgehead atoms. The van der Waals surface area contributed by atoms with Crippen LogP contribution in [0.25, 0.3) is 0 Å². The van der Waals surface area contributed by atoms with Crippen LogP contribution < -0.4 is 20.1 Å². The van der Waals surface area contributed by atoms with E-state index in [2.05, 4.69) is 15.6 Å². The Kier molecular flexibility index (Phi) is 5.85. The zero-order valence-electron chi connectivity index (χ0n) is 17.0. The molecule has 0 atom stereocenters. The van der Waals surface area contributed by atoms with Gasteiger partial charge in [-0.2, -0.15) is 13.2 Å². The fraction of sp³-hybridized carbons (Fsp3) is 0.381. The van der Waals surface area contributed by atoms with E-state index in [1.165, 1.54) is 12.1 Å². The van der Waals surface area contributed by atoms with Crippen molar-refractivity contribution in [3.63, 3.8) is 0 Å². The first-order valence-corrected chi connectivity index (χ1v) is 10.2. The molecule has 0 unspecified atom stereocenters. The zero-order valence-corrected chi connectivity index (χ0v) is 17.7. The van der Waals surface area contributed by atoms with Crippen molar-refractivity contribution in [1.29, 1.82) is 0 Å². The summed E-state index contributed by atoms with van der Waals surface area (Å²) in [6.45, 7) is -0.693. The van der Waals surface area contributed by atoms with Crippen LogP contribution in [0.2, 0.25) is 5.02 Å². The molecule has 2 aromatic rings. The molecule has 1 heterocycles. The van der Waals surface area contributed by atoms with E-state index in [1.54, 1.807) is 0 Å². The molecular weight excluding hydrogens is 470 g/mol. The Morgan fingerprint density at radius 1 is 1.00 bits per heavy atom. The summed E-state index contributed by atoms with van der Waals surface area (Å²) in [6.07, 6.45) is -2.27. The third kappa shape index (κ3) is 5.13. The summed E-state index contributed by atoms with van der Waals surface area (Å²) in [4.78, 5) is 27.8. The Labute approximate surface area is 190 Å². The lowest BCUT2D eigenvalue weighted by molar-refractivity contribution is -0.151. The van der Waals surface area contributed by atoms with Crippen LogP contribution in [0.5, 0.6) is 11.6 Å². The van der Waals surface area contributed by atoms with Crippen molar-refractivity contribution in [2.45, 2.75) is 36.5 Å². The fourth-order valence-electron chi connectivity index (χ4n) is 4.21. The van der Waals surface area contributed by atoms with Crippen molar-refractivity contribution in [2.75, 3.05) is 13.2 Å². The summed E-state index contributed by atoms with van der Waals surface area (Å²) in [7, 11) is 0. The number of halogens is 5. The van der Waals surface area contributed by atoms with E-state index in [0.29, 0.717) is 25.5 Å². The van der Waals surface area contributed by atoms with Crippen LogP contribution in [0.4, 0.5) is 17.6 Å². The maximum atomic E-state index is 13.4. The maximum absolute atomic E-state index is 13.4. The summed E-state index contributed by atoms with van der Waals surface area (Å²) in [5.74, 6) is -1.38. The lowest BCUT2D eigenvalue weighted by Gasteiger charge is -2.70. The Hall–Kier alpha value is -3.08. The van der Waals surface area contributed by atoms with Crippen LogP contribution in [0, 0.1) is 5.82 Å². The summed E-state index contributed by atoms with van der Waals surface area (Å²) in [6, 6.07) is 5.73. The minimum absolute atomic E-state index is 0.0472. The van der Waals surface area contributed by atoms with Gasteiger partial charge >= 0.3 is 6.18 Å². The van der Waals surface area contributed by atoms with E-state index in [9.17, 15) is 27.2 Å². The number of rotatable bonds is 8. The summed E-state index contributed by atoms with van der Waals surface area (Å²) in [5, 5.41) is 5.64. The first-order chi connectivity index (χ1) is 15.5. The smallest absolute Gasteiger partial charge is 0.417 e. The van der Waals surface area contributed by atoms with Crippen molar-refractivity contribution >= 4 is 23.4 Å². The van der Waals surface area contributed by atoms with Gasteiger partial charge in [0.2, 0.25) is 5.88 Å². The Morgan fingerprint density at radius 3 is 2.12 bits per heavy atom. The number of nitrogens with one attached hydrogen (secondary N) is 2. The number of carbonyl (C=O) groups is 2. The number of aromatic nitrogens is 1. The standard InChI is InChI=1S/C21H18ClF4N3O4/c22-14-3-2-13(5-15(14)23)32-7-16(30)28-19-9-20(10-19,11-19)29-17(31)8-33-18-4-1-12(6-27-18)21(24,25)26/h1-6H,7-11H2,(H,28,30)(H,29,31). The molecular formula is C21H18ClF4N3O4. The maximum Gasteiger partial charge on any atom is 0.417 e. The molecule has 1 aromatic heterocycles. The highest BCUT2D eigenvalue weighted by molar-refractivity contribution is 6.30. The molecule has 33 heavy (non-hydrogen) atoms. The van der Waals surface area contributed by atoms with Gasteiger partial charge in [0.15, 0.2) is 13.2 Å². The Bertz CT molecular complexity index is 1060. The highest BCUT2D eigenvalue weighted by atomic mass is 35.5. The first kappa shape index (κ1) is 23.1. The molecule has 3 aliphatic rings. The molecule has 0 aliphatic heterocycles. The van der Waals surface area contributed by atoms with Crippen LogP contribution in [0.15, 0.2) is 36.5 Å². The van der Waals surface area contributed by atoms with Crippen molar-refractivity contribution in [3.05, 3.63) is 52.9 Å². The summed E-state index contributed by atoms with van der Waals surface area (Å²) in [5.41, 5.74) is -1.78. The lowest BCUT2D eigenvalue weighted by Crippen LogP contribution is -2.84. The highest BCUT2D eigenvalue weighted by Gasteiger charge is 2.69. The van der Waals surface area contributed by atoms with E-state index in [-0.39, 0.29) is 29.2 Å². The first-order valence-electron chi connectivity index (χ1n) is 9.84. The fourth-order valence-corrected chi connectivity index (χ4v) is 4.32. The van der Waals surface area contributed by atoms with Gasteiger partial charge in [-0.15, -0.1) is 0 Å². The van der Waals surface area contributed by atoms with Gasteiger partial charge in [-0.25, -0.2) is 9.37 Å². The van der Waals surface area contributed by atoms with Crippen LogP contribution in [-0.2, 0) is 15.8 Å². The van der Waals surface area contributed by atoms with Gasteiger partial charge in [0, 0.05) is 29.4 Å². The lowest BCUT2D eigenvalue weighted by atomic mass is 9.44. The van der Waals surface area contributed by atoms with Crippen LogP contribution in [0.1, 0.15) is 24.8 Å². The number of nitrogens with zero attached hydrogens (tertiary/aromatic N) is 1. The van der Waals surface area contributed by atoms with Gasteiger partial charge in [-0.3, -0.25) is 9.59 Å². The third-order valence-electron chi connectivity index (χ3n) is 5.52. The SMILES string of the molecule is O=C(COc1ccc(Cl)c(F)c1)NC12CC(NC(=O)COc3ccc(C(F)(F)F)cn3)(C1)C2. The second kappa shape index (κ2) is 8.36. The average Bonchev–Trinajstić information content (AvgIpc) is 2.70. The van der Waals surface area contributed by atoms with Crippen molar-refractivity contribution in [2.24, 2.45) is 0 Å². The molecule has 0 saturated heterocycles. The van der Waals surface area contributed by atoms with Crippen molar-refractivity contribution in [3.8, 4) is 11.6 Å². The molecule has 2 amide bonds. The molecule has 0 spiro atoms. The van der Waals surface area contributed by atoms with Gasteiger partial charge in [-0.1, -0.05) is 11.6 Å². The second-order valence-corrected chi connectivity index (χ2v) is 8.63. The molecule has 7 nitrogen and oxygen atoms in total. The van der Waals surface area contributed by atoms with Crippen LogP contribution in [0.3, 0.4) is 0 Å². The molecule has 5 rings (SSSR count). The number of benzene rings is 1. The molecule has 12 heteroatoms. The molecule has 3 saturated carbocycles. The van der Waals surface area contributed by atoms with E-state index in [1.807, 2.05) is 0 Å². The molecule has 176 valence electrons. The van der Waals surface area contributed by atoms with Gasteiger partial charge in [0.1, 0.15) is 11.6 Å². The Morgan fingerprint density at radius 2 is 1.61 bits per heavy atom. The number of carbonyl (C=O) groups excluding carboxylic acids is 2. The number of alkyl halides is 3. The minimum Gasteiger partial charge on any atom is -0.484 e. The van der Waals surface area contributed by atoms with E-state index in [0.717, 1.165) is 18.2 Å². The number of hydrogen-bond donors (Lipinski definition) is 2. The summed E-state index contributed by atoms with van der Waals surface area (Å²) >= 11 is 5.59. The van der Waals surface area contributed by atoms with Gasteiger partial charge in [0.25, 0.3) is 11.8 Å². The second-order valence-electron chi connectivity index (χ2n) is 8.22. The molecule has 1 aromatic carbocycles. The number of amides is 2. The van der Waals surface area contributed by atoms with E-state index in [4.69, 9.17) is 21.1 Å². The van der Waals surface area contributed by atoms with Crippen LogP contribution in [-0.4, -0.2) is 41.1 Å².